The highest BCUT2D eigenvalue weighted by molar-refractivity contribution is 7.99. The van der Waals surface area contributed by atoms with Crippen molar-refractivity contribution in [1.82, 2.24) is 10.6 Å². The Hall–Kier alpha value is -0.460. The highest BCUT2D eigenvalue weighted by Crippen LogP contribution is 2.28. The van der Waals surface area contributed by atoms with E-state index in [2.05, 4.69) is 34.3 Å². The zero-order chi connectivity index (χ0) is 17.7. The van der Waals surface area contributed by atoms with Gasteiger partial charge in [0.25, 0.3) is 0 Å². The van der Waals surface area contributed by atoms with Crippen molar-refractivity contribution in [3.05, 3.63) is 0 Å². The van der Waals surface area contributed by atoms with Crippen molar-refractivity contribution in [3.8, 4) is 0 Å². The third-order valence-electron chi connectivity index (χ3n) is 5.05. The molecule has 1 saturated carbocycles. The fraction of sp³-hybridized carbons (Fsp3) is 0.947. The number of hydrogen-bond donors (Lipinski definition) is 2. The highest BCUT2D eigenvalue weighted by atomic mass is 32.2. The first-order chi connectivity index (χ1) is 12.3. The lowest BCUT2D eigenvalue weighted by atomic mass is 9.95. The molecule has 0 aromatic heterocycles. The van der Waals surface area contributed by atoms with Crippen LogP contribution in [0.3, 0.4) is 0 Å². The molecular formula is C19H37N3O2S. The third-order valence-corrected chi connectivity index (χ3v) is 6.28. The van der Waals surface area contributed by atoms with Crippen molar-refractivity contribution in [3.63, 3.8) is 0 Å². The van der Waals surface area contributed by atoms with E-state index in [1.54, 1.807) is 0 Å². The molecule has 2 rings (SSSR count). The number of rotatable bonds is 9. The van der Waals surface area contributed by atoms with Crippen molar-refractivity contribution < 1.29 is 9.47 Å². The van der Waals surface area contributed by atoms with Crippen molar-refractivity contribution in [2.75, 3.05) is 45.8 Å². The molecule has 2 fully saturated rings. The predicted octanol–water partition coefficient (Wildman–Crippen LogP) is 3.05. The van der Waals surface area contributed by atoms with Gasteiger partial charge in [0.2, 0.25) is 0 Å². The van der Waals surface area contributed by atoms with Gasteiger partial charge in [-0.3, -0.25) is 4.99 Å². The second kappa shape index (κ2) is 12.8. The van der Waals surface area contributed by atoms with Gasteiger partial charge in [-0.25, -0.2) is 0 Å². The number of hydrogen-bond acceptors (Lipinski definition) is 4. The first kappa shape index (κ1) is 20.8. The van der Waals surface area contributed by atoms with E-state index in [-0.39, 0.29) is 0 Å². The Bertz CT molecular complexity index is 374. The van der Waals surface area contributed by atoms with Crippen molar-refractivity contribution in [2.45, 2.75) is 63.2 Å². The molecule has 146 valence electrons. The van der Waals surface area contributed by atoms with Crippen molar-refractivity contribution in [2.24, 2.45) is 10.9 Å². The maximum Gasteiger partial charge on any atom is 0.191 e. The number of nitrogens with zero attached hydrogens (tertiary/aromatic N) is 1. The lowest BCUT2D eigenvalue weighted by Crippen LogP contribution is -2.46. The third kappa shape index (κ3) is 8.65. The zero-order valence-corrected chi connectivity index (χ0v) is 16.9. The molecule has 25 heavy (non-hydrogen) atoms. The molecule has 1 saturated heterocycles. The summed E-state index contributed by atoms with van der Waals surface area (Å²) in [4.78, 5) is 4.38. The van der Waals surface area contributed by atoms with E-state index in [1.165, 1.54) is 31.4 Å². The molecule has 0 spiro atoms. The quantitative estimate of drug-likeness (QED) is 0.371. The number of thioether (sulfide) groups is 1. The minimum atomic E-state index is 0.564. The topological polar surface area (TPSA) is 54.9 Å². The van der Waals surface area contributed by atoms with E-state index in [1.807, 2.05) is 7.05 Å². The van der Waals surface area contributed by atoms with Crippen LogP contribution in [0.5, 0.6) is 0 Å². The van der Waals surface area contributed by atoms with Gasteiger partial charge in [0.15, 0.2) is 5.96 Å². The maximum absolute atomic E-state index is 5.82. The number of ether oxygens (including phenoxy) is 2. The van der Waals surface area contributed by atoms with E-state index in [4.69, 9.17) is 9.47 Å². The smallest absolute Gasteiger partial charge is 0.191 e. The number of aliphatic imine (C=N–C) groups is 1. The summed E-state index contributed by atoms with van der Waals surface area (Å²) in [6.45, 7) is 6.67. The van der Waals surface area contributed by atoms with Crippen LogP contribution < -0.4 is 10.6 Å². The molecule has 6 heteroatoms. The van der Waals surface area contributed by atoms with Gasteiger partial charge in [-0.05, 0) is 50.2 Å². The molecule has 0 radical (unpaired) electrons. The van der Waals surface area contributed by atoms with Crippen LogP contribution in [0.15, 0.2) is 4.99 Å². The Labute approximate surface area is 158 Å². The molecule has 1 aliphatic carbocycles. The first-order valence-electron chi connectivity index (χ1n) is 10.1. The van der Waals surface area contributed by atoms with Gasteiger partial charge in [0.1, 0.15) is 0 Å². The summed E-state index contributed by atoms with van der Waals surface area (Å²) in [7, 11) is 1.86. The van der Waals surface area contributed by atoms with E-state index in [0.717, 1.165) is 63.4 Å². The van der Waals surface area contributed by atoms with Crippen molar-refractivity contribution in [1.29, 1.82) is 0 Å². The Morgan fingerprint density at radius 1 is 1.24 bits per heavy atom. The fourth-order valence-electron chi connectivity index (χ4n) is 3.60. The molecule has 0 aromatic carbocycles. The summed E-state index contributed by atoms with van der Waals surface area (Å²) in [5, 5.41) is 7.85. The lowest BCUT2D eigenvalue weighted by molar-refractivity contribution is 0.0203. The molecular weight excluding hydrogens is 334 g/mol. The van der Waals surface area contributed by atoms with Gasteiger partial charge < -0.3 is 20.1 Å². The van der Waals surface area contributed by atoms with E-state index in [0.29, 0.717) is 12.0 Å². The predicted molar refractivity (Wildman–Crippen MR) is 108 cm³/mol. The molecule has 0 bridgehead atoms. The van der Waals surface area contributed by atoms with Crippen LogP contribution in [0.4, 0.5) is 0 Å². The number of nitrogens with one attached hydrogen (secondary N) is 2. The van der Waals surface area contributed by atoms with Gasteiger partial charge in [-0.2, -0.15) is 11.8 Å². The van der Waals surface area contributed by atoms with E-state index in [9.17, 15) is 0 Å². The maximum atomic E-state index is 5.82. The summed E-state index contributed by atoms with van der Waals surface area (Å²) in [6, 6.07) is 0.564. The average Bonchev–Trinajstić information content (AvgIpc) is 2.65. The van der Waals surface area contributed by atoms with Gasteiger partial charge in [0, 0.05) is 51.3 Å². The SMILES string of the molecule is CCSC1CCCC(NC(=NC)NCCCOCC2CCOCC2)C1. The second-order valence-electron chi connectivity index (χ2n) is 7.07. The standard InChI is InChI=1S/C19H37N3O2S/c1-3-25-18-7-4-6-17(14-18)22-19(20-2)21-10-5-11-24-15-16-8-12-23-13-9-16/h16-18H,3-15H2,1-2H3,(H2,20,21,22). The van der Waals surface area contributed by atoms with Crippen LogP contribution >= 0.6 is 11.8 Å². The monoisotopic (exact) mass is 371 g/mol. The molecule has 2 N–H and O–H groups in total. The van der Waals surface area contributed by atoms with E-state index < -0.39 is 0 Å². The number of guanidine groups is 1. The fourth-order valence-corrected chi connectivity index (χ4v) is 4.77. The highest BCUT2D eigenvalue weighted by Gasteiger charge is 2.22. The van der Waals surface area contributed by atoms with Crippen LogP contribution in [0.1, 0.15) is 51.9 Å². The molecule has 1 aliphatic heterocycles. The molecule has 0 amide bonds. The summed E-state index contributed by atoms with van der Waals surface area (Å²) >= 11 is 2.10. The van der Waals surface area contributed by atoms with Crippen LogP contribution in [0.25, 0.3) is 0 Å². The van der Waals surface area contributed by atoms with Crippen molar-refractivity contribution >= 4 is 17.7 Å². The summed E-state index contributed by atoms with van der Waals surface area (Å²) in [5.74, 6) is 2.85. The van der Waals surface area contributed by atoms with Crippen LogP contribution in [-0.2, 0) is 9.47 Å². The molecule has 1 heterocycles. The largest absolute Gasteiger partial charge is 0.381 e. The summed E-state index contributed by atoms with van der Waals surface area (Å²) in [5.41, 5.74) is 0. The molecule has 0 aromatic rings. The summed E-state index contributed by atoms with van der Waals surface area (Å²) in [6.07, 6.45) is 8.52. The Morgan fingerprint density at radius 2 is 2.08 bits per heavy atom. The lowest BCUT2D eigenvalue weighted by Gasteiger charge is -2.30. The average molecular weight is 372 g/mol. The van der Waals surface area contributed by atoms with Crippen LogP contribution in [0, 0.1) is 5.92 Å². The van der Waals surface area contributed by atoms with Gasteiger partial charge in [-0.15, -0.1) is 0 Å². The van der Waals surface area contributed by atoms with Crippen LogP contribution in [0.2, 0.25) is 0 Å². The molecule has 2 unspecified atom stereocenters. The minimum absolute atomic E-state index is 0.564. The van der Waals surface area contributed by atoms with E-state index >= 15 is 0 Å². The molecule has 2 aliphatic rings. The van der Waals surface area contributed by atoms with Gasteiger partial charge in [0.05, 0.1) is 0 Å². The minimum Gasteiger partial charge on any atom is -0.381 e. The molecule has 5 nitrogen and oxygen atoms in total. The first-order valence-corrected chi connectivity index (χ1v) is 11.1. The Kier molecular flexibility index (Phi) is 10.7. The normalized spacial score (nSPS) is 25.8. The van der Waals surface area contributed by atoms with Crippen LogP contribution in [-0.4, -0.2) is 63.0 Å². The second-order valence-corrected chi connectivity index (χ2v) is 8.65. The van der Waals surface area contributed by atoms with Gasteiger partial charge >= 0.3 is 0 Å². The Balaban J connectivity index is 1.52. The summed E-state index contributed by atoms with van der Waals surface area (Å²) < 4.78 is 11.2. The van der Waals surface area contributed by atoms with Gasteiger partial charge in [-0.1, -0.05) is 13.3 Å². The zero-order valence-electron chi connectivity index (χ0n) is 16.1. The Morgan fingerprint density at radius 3 is 2.84 bits per heavy atom. The molecule has 2 atom stereocenters.